The lowest BCUT2D eigenvalue weighted by Crippen LogP contribution is -2.27. The van der Waals surface area contributed by atoms with E-state index >= 15 is 0 Å². The molecular formula is C19H19N. The maximum absolute atomic E-state index is 6.63. The molecule has 0 aromatic heterocycles. The average Bonchev–Trinajstić information content (AvgIpc) is 2.42. The highest BCUT2D eigenvalue weighted by molar-refractivity contribution is 6.02. The first-order valence-electron chi connectivity index (χ1n) is 7.50. The molecule has 0 bridgehead atoms. The maximum atomic E-state index is 6.63. The van der Waals surface area contributed by atoms with Gasteiger partial charge in [-0.05, 0) is 51.9 Å². The summed E-state index contributed by atoms with van der Waals surface area (Å²) in [5.74, 6) is 0.657. The lowest BCUT2D eigenvalue weighted by molar-refractivity contribution is 0.266. The Balaban J connectivity index is 2.06. The third-order valence-corrected chi connectivity index (χ3v) is 4.80. The Morgan fingerprint density at radius 1 is 0.850 bits per heavy atom. The van der Waals surface area contributed by atoms with Crippen LogP contribution in [-0.4, -0.2) is 0 Å². The number of benzene rings is 3. The zero-order valence-corrected chi connectivity index (χ0v) is 11.5. The summed E-state index contributed by atoms with van der Waals surface area (Å²) in [5, 5.41) is 5.25. The molecule has 100 valence electrons. The molecule has 0 saturated heterocycles. The number of nitrogens with two attached hydrogens (primary N) is 1. The molecule has 4 rings (SSSR count). The predicted octanol–water partition coefficient (Wildman–Crippen LogP) is 4.79. The average molecular weight is 261 g/mol. The van der Waals surface area contributed by atoms with Gasteiger partial charge in [0, 0.05) is 6.04 Å². The number of hydrogen-bond donors (Lipinski definition) is 1. The van der Waals surface area contributed by atoms with Crippen molar-refractivity contribution in [3.05, 3.63) is 60.2 Å². The summed E-state index contributed by atoms with van der Waals surface area (Å²) in [6, 6.07) is 19.7. The van der Waals surface area contributed by atoms with Gasteiger partial charge in [-0.3, -0.25) is 0 Å². The van der Waals surface area contributed by atoms with Crippen molar-refractivity contribution in [3.63, 3.8) is 0 Å². The van der Waals surface area contributed by atoms with Crippen LogP contribution in [0.4, 0.5) is 0 Å². The summed E-state index contributed by atoms with van der Waals surface area (Å²) in [6.07, 6.45) is 3.89. The zero-order valence-electron chi connectivity index (χ0n) is 11.5. The summed E-state index contributed by atoms with van der Waals surface area (Å²) in [5.41, 5.74) is 7.98. The third kappa shape index (κ3) is 1.74. The van der Waals surface area contributed by atoms with E-state index in [2.05, 4.69) is 54.6 Å². The lowest BCUT2D eigenvalue weighted by Gasteiger charge is -2.32. The van der Waals surface area contributed by atoms with Crippen LogP contribution >= 0.6 is 0 Å². The van der Waals surface area contributed by atoms with Gasteiger partial charge >= 0.3 is 0 Å². The highest BCUT2D eigenvalue weighted by Gasteiger charge is 2.27. The summed E-state index contributed by atoms with van der Waals surface area (Å²) >= 11 is 0. The SMILES string of the molecule is N[C@@H](c1c2ccccc2cc2ccccc12)C1CCC1. The molecule has 1 fully saturated rings. The van der Waals surface area contributed by atoms with Crippen LogP contribution in [0.1, 0.15) is 30.9 Å². The standard InChI is InChI=1S/C19H19N/c20-19(13-8-5-9-13)18-16-10-3-1-6-14(16)12-15-7-2-4-11-17(15)18/h1-4,6-7,10-13,19H,5,8-9,20H2/t19-/m1/s1. The second kappa shape index (κ2) is 4.60. The number of rotatable bonds is 2. The predicted molar refractivity (Wildman–Crippen MR) is 85.7 cm³/mol. The van der Waals surface area contributed by atoms with E-state index in [4.69, 9.17) is 5.73 Å². The largest absolute Gasteiger partial charge is 0.324 e. The van der Waals surface area contributed by atoms with Gasteiger partial charge in [-0.15, -0.1) is 0 Å². The Bertz CT molecular complexity index is 717. The molecule has 0 radical (unpaired) electrons. The smallest absolute Gasteiger partial charge is 0.0335 e. The Morgan fingerprint density at radius 3 is 1.90 bits per heavy atom. The van der Waals surface area contributed by atoms with Gasteiger partial charge in [-0.1, -0.05) is 55.0 Å². The van der Waals surface area contributed by atoms with Gasteiger partial charge in [0.2, 0.25) is 0 Å². The van der Waals surface area contributed by atoms with Gasteiger partial charge in [-0.25, -0.2) is 0 Å². The lowest BCUT2D eigenvalue weighted by atomic mass is 9.75. The molecule has 3 aromatic rings. The van der Waals surface area contributed by atoms with Gasteiger partial charge in [0.1, 0.15) is 0 Å². The Labute approximate surface area is 119 Å². The van der Waals surface area contributed by atoms with Crippen molar-refractivity contribution in [2.75, 3.05) is 0 Å². The van der Waals surface area contributed by atoms with Crippen LogP contribution in [0.15, 0.2) is 54.6 Å². The summed E-state index contributed by atoms with van der Waals surface area (Å²) in [4.78, 5) is 0. The quantitative estimate of drug-likeness (QED) is 0.659. The molecule has 0 amide bonds. The van der Waals surface area contributed by atoms with Crippen molar-refractivity contribution < 1.29 is 0 Å². The minimum Gasteiger partial charge on any atom is -0.324 e. The monoisotopic (exact) mass is 261 g/mol. The molecule has 0 aliphatic heterocycles. The maximum Gasteiger partial charge on any atom is 0.0335 e. The second-order valence-electron chi connectivity index (χ2n) is 5.95. The van der Waals surface area contributed by atoms with Gasteiger partial charge in [0.05, 0.1) is 0 Å². The highest BCUT2D eigenvalue weighted by atomic mass is 14.7. The van der Waals surface area contributed by atoms with Crippen LogP contribution in [0.3, 0.4) is 0 Å². The first kappa shape index (κ1) is 11.9. The summed E-state index contributed by atoms with van der Waals surface area (Å²) in [6.45, 7) is 0. The van der Waals surface area contributed by atoms with E-state index in [1.807, 2.05) is 0 Å². The second-order valence-corrected chi connectivity index (χ2v) is 5.95. The van der Waals surface area contributed by atoms with Gasteiger partial charge in [0.25, 0.3) is 0 Å². The topological polar surface area (TPSA) is 26.0 Å². The van der Waals surface area contributed by atoms with Crippen molar-refractivity contribution in [3.8, 4) is 0 Å². The minimum atomic E-state index is 0.166. The van der Waals surface area contributed by atoms with Crippen LogP contribution in [0.25, 0.3) is 21.5 Å². The minimum absolute atomic E-state index is 0.166. The van der Waals surface area contributed by atoms with Crippen LogP contribution in [0.2, 0.25) is 0 Å². The molecule has 1 saturated carbocycles. The van der Waals surface area contributed by atoms with Crippen molar-refractivity contribution in [1.82, 2.24) is 0 Å². The molecule has 1 atom stereocenters. The third-order valence-electron chi connectivity index (χ3n) is 4.80. The van der Waals surface area contributed by atoms with Crippen LogP contribution in [-0.2, 0) is 0 Å². The van der Waals surface area contributed by atoms with Crippen LogP contribution in [0, 0.1) is 5.92 Å². The molecule has 0 unspecified atom stereocenters. The van der Waals surface area contributed by atoms with Crippen molar-refractivity contribution >= 4 is 21.5 Å². The van der Waals surface area contributed by atoms with Crippen LogP contribution in [0.5, 0.6) is 0 Å². The normalized spacial score (nSPS) is 17.2. The molecule has 1 nitrogen and oxygen atoms in total. The first-order valence-corrected chi connectivity index (χ1v) is 7.50. The molecular weight excluding hydrogens is 242 g/mol. The Morgan fingerprint density at radius 2 is 1.40 bits per heavy atom. The molecule has 20 heavy (non-hydrogen) atoms. The fraction of sp³-hybridized carbons (Fsp3) is 0.263. The molecule has 1 aliphatic carbocycles. The van der Waals surface area contributed by atoms with E-state index in [9.17, 15) is 0 Å². The van der Waals surface area contributed by atoms with Gasteiger partial charge < -0.3 is 5.73 Å². The van der Waals surface area contributed by atoms with Crippen LogP contribution < -0.4 is 5.73 Å². The van der Waals surface area contributed by atoms with E-state index in [-0.39, 0.29) is 6.04 Å². The molecule has 2 N–H and O–H groups in total. The Hall–Kier alpha value is -1.86. The molecule has 0 heterocycles. The van der Waals surface area contributed by atoms with E-state index in [1.54, 1.807) is 0 Å². The zero-order chi connectivity index (χ0) is 13.5. The summed E-state index contributed by atoms with van der Waals surface area (Å²) in [7, 11) is 0. The van der Waals surface area contributed by atoms with Crippen molar-refractivity contribution in [1.29, 1.82) is 0 Å². The molecule has 1 heteroatoms. The first-order chi connectivity index (χ1) is 9.84. The number of fused-ring (bicyclic) bond motifs is 2. The molecule has 1 aliphatic rings. The van der Waals surface area contributed by atoms with Crippen molar-refractivity contribution in [2.45, 2.75) is 25.3 Å². The Kier molecular flexibility index (Phi) is 2.75. The van der Waals surface area contributed by atoms with Gasteiger partial charge in [0.15, 0.2) is 0 Å². The fourth-order valence-electron chi connectivity index (χ4n) is 3.44. The highest BCUT2D eigenvalue weighted by Crippen LogP contribution is 2.41. The summed E-state index contributed by atoms with van der Waals surface area (Å²) < 4.78 is 0. The van der Waals surface area contributed by atoms with Gasteiger partial charge in [-0.2, -0.15) is 0 Å². The van der Waals surface area contributed by atoms with E-state index in [0.29, 0.717) is 5.92 Å². The molecule has 3 aromatic carbocycles. The van der Waals surface area contributed by atoms with Crippen molar-refractivity contribution in [2.24, 2.45) is 11.7 Å². The number of hydrogen-bond acceptors (Lipinski definition) is 1. The molecule has 0 spiro atoms. The van der Waals surface area contributed by atoms with E-state index in [0.717, 1.165) is 0 Å². The fourth-order valence-corrected chi connectivity index (χ4v) is 3.44. The van der Waals surface area contributed by atoms with E-state index in [1.165, 1.54) is 46.4 Å². The van der Waals surface area contributed by atoms with E-state index < -0.39 is 0 Å².